The van der Waals surface area contributed by atoms with Crippen LogP contribution in [0.1, 0.15) is 69.9 Å². The molecule has 0 amide bonds. The van der Waals surface area contributed by atoms with Gasteiger partial charge >= 0.3 is 0 Å². The predicted molar refractivity (Wildman–Crippen MR) is 110 cm³/mol. The number of nitrogens with zero attached hydrogens (tertiary/aromatic N) is 1. The highest BCUT2D eigenvalue weighted by atomic mass is 16.4. The van der Waals surface area contributed by atoms with Gasteiger partial charge in [-0.2, -0.15) is 0 Å². The summed E-state index contributed by atoms with van der Waals surface area (Å²) in [5.41, 5.74) is 2.68. The van der Waals surface area contributed by atoms with Crippen molar-refractivity contribution in [2.45, 2.75) is 65.2 Å². The molecule has 3 heteroatoms. The fraction of sp³-hybridized carbons (Fsp3) is 0.435. The Bertz CT molecular complexity index is 623. The second-order valence-electron chi connectivity index (χ2n) is 6.55. The molecule has 0 spiro atoms. The number of rotatable bonds is 9. The molecule has 26 heavy (non-hydrogen) atoms. The molecule has 0 heterocycles. The first kappa shape index (κ1) is 21.8. The lowest BCUT2D eigenvalue weighted by molar-refractivity contribution is 0.319. The van der Waals surface area contributed by atoms with Crippen LogP contribution in [0.3, 0.4) is 0 Å². The second kappa shape index (κ2) is 13.9. The number of aromatic hydroxyl groups is 1. The van der Waals surface area contributed by atoms with Crippen LogP contribution in [0.15, 0.2) is 59.8 Å². The molecule has 3 nitrogen and oxygen atoms in total. The zero-order valence-corrected chi connectivity index (χ0v) is 16.2. The average Bonchev–Trinajstić information content (AvgIpc) is 2.69. The number of phenols is 1. The summed E-state index contributed by atoms with van der Waals surface area (Å²) in [5.74, 6) is 0.452. The van der Waals surface area contributed by atoms with E-state index in [9.17, 15) is 5.11 Å². The van der Waals surface area contributed by atoms with Crippen molar-refractivity contribution in [1.29, 1.82) is 0 Å². The summed E-state index contributed by atoms with van der Waals surface area (Å²) in [4.78, 5) is 0. The highest BCUT2D eigenvalue weighted by molar-refractivity contribution is 5.98. The number of aryl methyl sites for hydroxylation is 1. The minimum atomic E-state index is 0.452. The van der Waals surface area contributed by atoms with Crippen LogP contribution in [0.2, 0.25) is 0 Å². The summed E-state index contributed by atoms with van der Waals surface area (Å²) in [6.07, 6.45) is 10.3. The Labute approximate surface area is 158 Å². The number of hydrogen-bond acceptors (Lipinski definition) is 3. The molecule has 0 aliphatic carbocycles. The normalized spacial score (nSPS) is 10.9. The summed E-state index contributed by atoms with van der Waals surface area (Å²) in [6.45, 7) is 4.01. The topological polar surface area (TPSA) is 52.8 Å². The highest BCUT2D eigenvalue weighted by Crippen LogP contribution is 2.18. The quantitative estimate of drug-likeness (QED) is 0.231. The van der Waals surface area contributed by atoms with Crippen molar-refractivity contribution >= 4 is 5.71 Å². The number of oxime groups is 1. The lowest BCUT2D eigenvalue weighted by atomic mass is 10.0. The molecule has 2 rings (SSSR count). The van der Waals surface area contributed by atoms with Crippen molar-refractivity contribution < 1.29 is 10.3 Å². The molecule has 142 valence electrons. The molecule has 0 aliphatic rings. The van der Waals surface area contributed by atoms with Crippen molar-refractivity contribution in [2.24, 2.45) is 5.16 Å². The fourth-order valence-corrected chi connectivity index (χ4v) is 2.73. The van der Waals surface area contributed by atoms with Crippen molar-refractivity contribution in [3.05, 3.63) is 65.7 Å². The van der Waals surface area contributed by atoms with E-state index >= 15 is 0 Å². The van der Waals surface area contributed by atoms with E-state index < -0.39 is 0 Å². The Morgan fingerprint density at radius 3 is 2.00 bits per heavy atom. The average molecular weight is 356 g/mol. The van der Waals surface area contributed by atoms with Gasteiger partial charge in [0.05, 0.1) is 5.71 Å². The van der Waals surface area contributed by atoms with Crippen LogP contribution in [-0.4, -0.2) is 16.0 Å². The molecule has 0 aliphatic heterocycles. The SMILES string of the molecule is CC(=NO)c1ccccc1.CCCCCCCCCc1ccccc1O. The maximum absolute atomic E-state index is 9.58. The molecule has 0 radical (unpaired) electrons. The van der Waals surface area contributed by atoms with Crippen molar-refractivity contribution in [3.63, 3.8) is 0 Å². The van der Waals surface area contributed by atoms with E-state index in [1.165, 1.54) is 44.9 Å². The number of phenolic OH excluding ortho intramolecular Hbond substituents is 1. The van der Waals surface area contributed by atoms with E-state index in [-0.39, 0.29) is 0 Å². The Morgan fingerprint density at radius 1 is 0.808 bits per heavy atom. The Morgan fingerprint density at radius 2 is 1.38 bits per heavy atom. The van der Waals surface area contributed by atoms with Gasteiger partial charge < -0.3 is 10.3 Å². The van der Waals surface area contributed by atoms with Crippen molar-refractivity contribution in [1.82, 2.24) is 0 Å². The molecule has 0 fully saturated rings. The van der Waals surface area contributed by atoms with Crippen LogP contribution in [0.5, 0.6) is 5.75 Å². The molecule has 2 N–H and O–H groups in total. The van der Waals surface area contributed by atoms with Gasteiger partial charge in [0.25, 0.3) is 0 Å². The summed E-state index contributed by atoms with van der Waals surface area (Å²) in [6, 6.07) is 17.2. The summed E-state index contributed by atoms with van der Waals surface area (Å²) in [7, 11) is 0. The zero-order valence-electron chi connectivity index (χ0n) is 16.2. The van der Waals surface area contributed by atoms with Crippen LogP contribution in [0.4, 0.5) is 0 Å². The molecule has 0 aromatic heterocycles. The lowest BCUT2D eigenvalue weighted by Gasteiger charge is -2.04. The molecule has 0 bridgehead atoms. The second-order valence-corrected chi connectivity index (χ2v) is 6.55. The van der Waals surface area contributed by atoms with E-state index in [0.717, 1.165) is 17.5 Å². The first-order valence-electron chi connectivity index (χ1n) is 9.70. The monoisotopic (exact) mass is 355 g/mol. The summed E-state index contributed by atoms with van der Waals surface area (Å²) < 4.78 is 0. The Hall–Kier alpha value is -2.29. The van der Waals surface area contributed by atoms with Crippen LogP contribution in [0.25, 0.3) is 0 Å². The molecule has 0 saturated carbocycles. The number of hydrogen-bond donors (Lipinski definition) is 2. The third-order valence-corrected chi connectivity index (χ3v) is 4.38. The molecular formula is C23H33NO2. The van der Waals surface area contributed by atoms with Crippen LogP contribution >= 0.6 is 0 Å². The molecule has 2 aromatic carbocycles. The minimum absolute atomic E-state index is 0.452. The molecular weight excluding hydrogens is 322 g/mol. The molecule has 0 atom stereocenters. The third-order valence-electron chi connectivity index (χ3n) is 4.38. The third kappa shape index (κ3) is 9.26. The van der Waals surface area contributed by atoms with Crippen molar-refractivity contribution in [3.8, 4) is 5.75 Å². The van der Waals surface area contributed by atoms with Gasteiger partial charge in [0.2, 0.25) is 0 Å². The van der Waals surface area contributed by atoms with Gasteiger partial charge in [-0.15, -0.1) is 0 Å². The highest BCUT2D eigenvalue weighted by Gasteiger charge is 1.98. The van der Waals surface area contributed by atoms with Gasteiger partial charge in [0.1, 0.15) is 5.75 Å². The van der Waals surface area contributed by atoms with Crippen LogP contribution in [0, 0.1) is 0 Å². The number of benzene rings is 2. The van der Waals surface area contributed by atoms with E-state index in [4.69, 9.17) is 5.21 Å². The van der Waals surface area contributed by atoms with Gasteiger partial charge in [-0.3, -0.25) is 0 Å². The lowest BCUT2D eigenvalue weighted by Crippen LogP contribution is -1.92. The zero-order chi connectivity index (χ0) is 19.0. The van der Waals surface area contributed by atoms with Gasteiger partial charge in [-0.05, 0) is 37.0 Å². The first-order chi connectivity index (χ1) is 12.7. The van der Waals surface area contributed by atoms with Crippen molar-refractivity contribution in [2.75, 3.05) is 0 Å². The Balaban J connectivity index is 0.000000289. The van der Waals surface area contributed by atoms with Gasteiger partial charge in [-0.1, -0.05) is 99.1 Å². The maximum atomic E-state index is 9.58. The predicted octanol–water partition coefficient (Wildman–Crippen LogP) is 6.57. The van der Waals surface area contributed by atoms with E-state index in [2.05, 4.69) is 12.1 Å². The van der Waals surface area contributed by atoms with E-state index in [1.54, 1.807) is 13.0 Å². The van der Waals surface area contributed by atoms with Gasteiger partial charge in [-0.25, -0.2) is 0 Å². The van der Waals surface area contributed by atoms with Gasteiger partial charge in [0.15, 0.2) is 0 Å². The molecule has 0 saturated heterocycles. The minimum Gasteiger partial charge on any atom is -0.508 e. The van der Waals surface area contributed by atoms with Crippen LogP contribution in [-0.2, 0) is 6.42 Å². The first-order valence-corrected chi connectivity index (χ1v) is 9.70. The largest absolute Gasteiger partial charge is 0.508 e. The fourth-order valence-electron chi connectivity index (χ4n) is 2.73. The molecule has 2 aromatic rings. The number of para-hydroxylation sites is 1. The maximum Gasteiger partial charge on any atom is 0.118 e. The smallest absolute Gasteiger partial charge is 0.118 e. The molecule has 0 unspecified atom stereocenters. The van der Waals surface area contributed by atoms with Gasteiger partial charge in [0, 0.05) is 0 Å². The van der Waals surface area contributed by atoms with Crippen LogP contribution < -0.4 is 0 Å². The Kier molecular flexibility index (Phi) is 11.7. The van der Waals surface area contributed by atoms with E-state index in [0.29, 0.717) is 11.5 Å². The standard InChI is InChI=1S/C15H24O.C8H9NO/c1-2-3-4-5-6-7-8-11-14-12-9-10-13-15(14)16;1-7(9-10)8-5-3-2-4-6-8/h9-10,12-13,16H,2-8,11H2,1H3;2-6,10H,1H3. The summed E-state index contributed by atoms with van der Waals surface area (Å²) in [5, 5.41) is 21.0. The summed E-state index contributed by atoms with van der Waals surface area (Å²) >= 11 is 0. The number of unbranched alkanes of at least 4 members (excludes halogenated alkanes) is 6. The van der Waals surface area contributed by atoms with E-state index in [1.807, 2.05) is 48.5 Å².